The van der Waals surface area contributed by atoms with Crippen LogP contribution in [0.5, 0.6) is 0 Å². The van der Waals surface area contributed by atoms with Gasteiger partial charge in [0.2, 0.25) is 17.4 Å². The van der Waals surface area contributed by atoms with Gasteiger partial charge in [-0.25, -0.2) is 10.5 Å². The highest BCUT2D eigenvalue weighted by atomic mass is 19.4. The van der Waals surface area contributed by atoms with Crippen LogP contribution in [0.4, 0.5) is 19.0 Å². The van der Waals surface area contributed by atoms with E-state index in [9.17, 15) is 22.8 Å². The number of nitrogens with zero attached hydrogens (tertiary/aromatic N) is 5. The van der Waals surface area contributed by atoms with Crippen molar-refractivity contribution in [2.45, 2.75) is 19.0 Å². The SMILES string of the molecule is CONC(=O)C1CCCN(C2=C3C=NC=C[N+]3(N)C(c3ccc(C(=O)Nc4cc(C(F)(F)F)ccn4)cc3)=N2)C1. The molecule has 14 heteroatoms. The molecular formula is C26H26F3N8O3+. The third-order valence-corrected chi connectivity index (χ3v) is 6.80. The van der Waals surface area contributed by atoms with Crippen LogP contribution in [0.3, 0.4) is 0 Å². The number of aromatic nitrogens is 1. The first-order chi connectivity index (χ1) is 19.1. The van der Waals surface area contributed by atoms with Gasteiger partial charge in [-0.05, 0) is 49.2 Å². The molecule has 0 saturated carbocycles. The lowest BCUT2D eigenvalue weighted by Gasteiger charge is -2.33. The Morgan fingerprint density at radius 2 is 1.98 bits per heavy atom. The lowest BCUT2D eigenvalue weighted by Crippen LogP contribution is -2.53. The predicted octanol–water partition coefficient (Wildman–Crippen LogP) is 2.92. The van der Waals surface area contributed by atoms with E-state index in [1.54, 1.807) is 30.7 Å². The molecule has 5 rings (SSSR count). The van der Waals surface area contributed by atoms with Crippen molar-refractivity contribution in [2.24, 2.45) is 21.7 Å². The second kappa shape index (κ2) is 10.6. The number of nitrogens with two attached hydrogens (primary N) is 1. The molecule has 3 aliphatic heterocycles. The first kappa shape index (κ1) is 27.2. The van der Waals surface area contributed by atoms with Crippen molar-refractivity contribution in [2.75, 3.05) is 25.5 Å². The second-order valence-electron chi connectivity index (χ2n) is 9.41. The topological polar surface area (TPSA) is 134 Å². The molecule has 2 atom stereocenters. The van der Waals surface area contributed by atoms with Crippen LogP contribution in [0.2, 0.25) is 0 Å². The number of pyridine rings is 1. The number of carbonyl (C=O) groups is 2. The molecule has 0 bridgehead atoms. The van der Waals surface area contributed by atoms with Crippen LogP contribution in [-0.2, 0) is 15.8 Å². The monoisotopic (exact) mass is 555 g/mol. The first-order valence-electron chi connectivity index (χ1n) is 12.4. The van der Waals surface area contributed by atoms with Crippen molar-refractivity contribution in [3.8, 4) is 0 Å². The number of fused-ring (bicyclic) bond motifs is 1. The lowest BCUT2D eigenvalue weighted by molar-refractivity contribution is -0.750. The van der Waals surface area contributed by atoms with Gasteiger partial charge in [0.15, 0.2) is 0 Å². The molecule has 0 aliphatic carbocycles. The quantitative estimate of drug-likeness (QED) is 0.285. The summed E-state index contributed by atoms with van der Waals surface area (Å²) in [7, 11) is 1.39. The zero-order valence-corrected chi connectivity index (χ0v) is 21.4. The summed E-state index contributed by atoms with van der Waals surface area (Å²) >= 11 is 0. The number of hydrogen-bond acceptors (Lipinski definition) is 8. The number of aliphatic imine (C=N–C) groups is 2. The Hall–Kier alpha value is -4.40. The van der Waals surface area contributed by atoms with Gasteiger partial charge in [0.1, 0.15) is 12.0 Å². The zero-order valence-electron chi connectivity index (χ0n) is 21.4. The lowest BCUT2D eigenvalue weighted by atomic mass is 9.97. The molecule has 0 spiro atoms. The van der Waals surface area contributed by atoms with Gasteiger partial charge >= 0.3 is 6.18 Å². The van der Waals surface area contributed by atoms with E-state index < -0.39 is 17.6 Å². The number of nitrogens with one attached hydrogen (secondary N) is 2. The van der Waals surface area contributed by atoms with Crippen LogP contribution in [0, 0.1) is 5.92 Å². The number of hydroxylamine groups is 1. The van der Waals surface area contributed by atoms with Crippen molar-refractivity contribution in [3.05, 3.63) is 83.2 Å². The van der Waals surface area contributed by atoms with Gasteiger partial charge in [0, 0.05) is 24.8 Å². The minimum atomic E-state index is -4.56. The van der Waals surface area contributed by atoms with Crippen LogP contribution in [-0.4, -0.2) is 58.5 Å². The van der Waals surface area contributed by atoms with Gasteiger partial charge in [-0.15, -0.1) is 4.59 Å². The normalized spacial score (nSPS) is 22.2. The molecule has 3 aliphatic rings. The number of allylic oxidation sites excluding steroid dienone is 1. The molecule has 1 fully saturated rings. The molecule has 4 heterocycles. The Morgan fingerprint density at radius 1 is 1.20 bits per heavy atom. The predicted molar refractivity (Wildman–Crippen MR) is 139 cm³/mol. The summed E-state index contributed by atoms with van der Waals surface area (Å²) in [4.78, 5) is 44.8. The summed E-state index contributed by atoms with van der Waals surface area (Å²) < 4.78 is 38.7. The van der Waals surface area contributed by atoms with Crippen molar-refractivity contribution in [1.82, 2.24) is 15.4 Å². The molecule has 0 radical (unpaired) electrons. The second-order valence-corrected chi connectivity index (χ2v) is 9.41. The Morgan fingerprint density at radius 3 is 2.70 bits per heavy atom. The summed E-state index contributed by atoms with van der Waals surface area (Å²) in [6.45, 7) is 1.09. The van der Waals surface area contributed by atoms with E-state index in [4.69, 9.17) is 15.7 Å². The molecule has 1 aromatic carbocycles. The fourth-order valence-corrected chi connectivity index (χ4v) is 4.79. The molecule has 2 amide bonds. The number of anilines is 1. The van der Waals surface area contributed by atoms with Crippen molar-refractivity contribution >= 4 is 29.7 Å². The van der Waals surface area contributed by atoms with E-state index in [0.717, 1.165) is 24.8 Å². The van der Waals surface area contributed by atoms with Crippen LogP contribution >= 0.6 is 0 Å². The van der Waals surface area contributed by atoms with Crippen molar-refractivity contribution in [3.63, 3.8) is 0 Å². The van der Waals surface area contributed by atoms with Crippen LogP contribution in [0.1, 0.15) is 34.3 Å². The Labute approximate surface area is 227 Å². The number of rotatable bonds is 6. The third kappa shape index (κ3) is 5.23. The van der Waals surface area contributed by atoms with E-state index >= 15 is 0 Å². The number of benzene rings is 1. The van der Waals surface area contributed by atoms with E-state index in [2.05, 4.69) is 20.8 Å². The van der Waals surface area contributed by atoms with Crippen LogP contribution < -0.4 is 16.6 Å². The van der Waals surface area contributed by atoms with Gasteiger partial charge in [-0.1, -0.05) is 0 Å². The van der Waals surface area contributed by atoms with Gasteiger partial charge < -0.3 is 10.2 Å². The Bertz CT molecular complexity index is 1450. The summed E-state index contributed by atoms with van der Waals surface area (Å²) in [5, 5.41) is 2.39. The van der Waals surface area contributed by atoms with E-state index in [1.807, 2.05) is 4.90 Å². The number of amides is 2. The van der Waals surface area contributed by atoms with Crippen LogP contribution in [0.25, 0.3) is 0 Å². The first-order valence-corrected chi connectivity index (χ1v) is 12.4. The van der Waals surface area contributed by atoms with E-state index in [-0.39, 0.29) is 27.8 Å². The highest BCUT2D eigenvalue weighted by Crippen LogP contribution is 2.35. The van der Waals surface area contributed by atoms with Crippen LogP contribution in [0.15, 0.2) is 76.5 Å². The number of alkyl halides is 3. The molecule has 11 nitrogen and oxygen atoms in total. The summed E-state index contributed by atoms with van der Waals surface area (Å²) in [5.74, 6) is 6.52. The fraction of sp³-hybridized carbons (Fsp3) is 0.269. The number of carbonyl (C=O) groups excluding carboxylic acids is 2. The maximum Gasteiger partial charge on any atom is 0.416 e. The molecule has 2 aromatic rings. The molecular weight excluding hydrogens is 529 g/mol. The van der Waals surface area contributed by atoms with Gasteiger partial charge in [0.05, 0.1) is 36.6 Å². The molecule has 40 heavy (non-hydrogen) atoms. The fourth-order valence-electron chi connectivity index (χ4n) is 4.79. The Kier molecular flexibility index (Phi) is 7.23. The summed E-state index contributed by atoms with van der Waals surface area (Å²) in [5.41, 5.74) is 2.93. The smallest absolute Gasteiger partial charge is 0.351 e. The van der Waals surface area contributed by atoms with Gasteiger partial charge in [-0.3, -0.25) is 19.4 Å². The minimum absolute atomic E-state index is 0.206. The van der Waals surface area contributed by atoms with Crippen molar-refractivity contribution < 1.29 is 32.2 Å². The Balaban J connectivity index is 1.37. The minimum Gasteiger partial charge on any atom is -0.351 e. The standard InChI is InChI=1S/C26H25F3N8O3/c1-40-35-25(39)18-3-2-11-36(15-18)22-20-14-31-10-12-37(20,30)23(34-22)16-4-6-17(7-5-16)24(38)33-21-13-19(8-9-32-21)26(27,28)29/h4-10,12-14,18H,2-3,11,15,30H2,1H3,(H-,32,33,35,38,39)/p+1. The maximum atomic E-state index is 13.0. The zero-order chi connectivity index (χ0) is 28.5. The summed E-state index contributed by atoms with van der Waals surface area (Å²) in [6, 6.07) is 7.96. The average molecular weight is 556 g/mol. The van der Waals surface area contributed by atoms with E-state index in [1.165, 1.54) is 19.2 Å². The summed E-state index contributed by atoms with van der Waals surface area (Å²) in [6.07, 6.45) is 2.78. The largest absolute Gasteiger partial charge is 0.416 e. The molecule has 2 unspecified atom stereocenters. The third-order valence-electron chi connectivity index (χ3n) is 6.80. The molecule has 208 valence electrons. The number of halogens is 3. The highest BCUT2D eigenvalue weighted by Gasteiger charge is 2.46. The number of piperidine rings is 1. The number of hydrogen-bond donors (Lipinski definition) is 3. The average Bonchev–Trinajstić information content (AvgIpc) is 3.26. The molecule has 1 saturated heterocycles. The highest BCUT2D eigenvalue weighted by molar-refractivity contribution is 6.05. The van der Waals surface area contributed by atoms with Gasteiger partial charge in [0.25, 0.3) is 11.7 Å². The molecule has 4 N–H and O–H groups in total. The number of likely N-dealkylation sites (tertiary alicyclic amines) is 1. The van der Waals surface area contributed by atoms with Crippen molar-refractivity contribution in [1.29, 1.82) is 0 Å². The van der Waals surface area contributed by atoms with Gasteiger partial charge in [-0.2, -0.15) is 24.0 Å². The van der Waals surface area contributed by atoms with E-state index in [0.29, 0.717) is 42.4 Å². The maximum absolute atomic E-state index is 13.0. The molecule has 1 aromatic heterocycles. The number of amidine groups is 1. The number of quaternary nitrogens is 1.